The largest absolute Gasteiger partial charge is 0.487 e. The molecule has 0 radical (unpaired) electrons. The molecule has 6 nitrogen and oxygen atoms in total. The van der Waals surface area contributed by atoms with Crippen molar-refractivity contribution in [3.63, 3.8) is 0 Å². The number of rotatable bonds is 7. The highest BCUT2D eigenvalue weighted by molar-refractivity contribution is 5.79. The number of fused-ring (bicyclic) bond motifs is 1. The molecular formula is C24H20F3N3O3. The Kier molecular flexibility index (Phi) is 6.30. The molecule has 0 aliphatic carbocycles. The molecule has 2 aromatic carbocycles. The van der Waals surface area contributed by atoms with Gasteiger partial charge in [-0.25, -0.2) is 9.97 Å². The van der Waals surface area contributed by atoms with Crippen molar-refractivity contribution in [2.45, 2.75) is 26.1 Å². The van der Waals surface area contributed by atoms with Gasteiger partial charge < -0.3 is 14.5 Å². The smallest absolute Gasteiger partial charge is 0.433 e. The van der Waals surface area contributed by atoms with Crippen LogP contribution in [0.2, 0.25) is 0 Å². The summed E-state index contributed by atoms with van der Waals surface area (Å²) in [5.74, 6) is 0.496. The number of aromatic amines is 1. The van der Waals surface area contributed by atoms with Crippen molar-refractivity contribution >= 4 is 10.9 Å². The van der Waals surface area contributed by atoms with Gasteiger partial charge in [-0.2, -0.15) is 13.2 Å². The molecule has 2 heterocycles. The Labute approximate surface area is 187 Å². The third-order valence-corrected chi connectivity index (χ3v) is 5.13. The van der Waals surface area contributed by atoms with Crippen LogP contribution in [0.25, 0.3) is 10.9 Å². The average Bonchev–Trinajstić information content (AvgIpc) is 2.81. The van der Waals surface area contributed by atoms with Crippen molar-refractivity contribution in [2.24, 2.45) is 0 Å². The Morgan fingerprint density at radius 1 is 1.00 bits per heavy atom. The van der Waals surface area contributed by atoms with Gasteiger partial charge in [0.2, 0.25) is 5.88 Å². The maximum atomic E-state index is 12.7. The maximum absolute atomic E-state index is 12.7. The number of para-hydroxylation sites is 1. The summed E-state index contributed by atoms with van der Waals surface area (Å²) >= 11 is 0. The lowest BCUT2D eigenvalue weighted by atomic mass is 10.1. The number of hydrogen-bond acceptors (Lipinski definition) is 5. The number of alkyl halides is 3. The van der Waals surface area contributed by atoms with Gasteiger partial charge in [-0.05, 0) is 36.8 Å². The molecule has 0 saturated heterocycles. The predicted molar refractivity (Wildman–Crippen MR) is 116 cm³/mol. The van der Waals surface area contributed by atoms with E-state index in [-0.39, 0.29) is 24.5 Å². The van der Waals surface area contributed by atoms with Crippen LogP contribution in [0.5, 0.6) is 11.6 Å². The second-order valence-corrected chi connectivity index (χ2v) is 7.37. The molecule has 170 valence electrons. The van der Waals surface area contributed by atoms with Gasteiger partial charge in [0.15, 0.2) is 11.1 Å². The number of nitrogens with one attached hydrogen (secondary N) is 1. The van der Waals surface area contributed by atoms with E-state index in [9.17, 15) is 18.0 Å². The molecular weight excluding hydrogens is 435 g/mol. The topological polar surface area (TPSA) is 77.1 Å². The molecule has 0 spiro atoms. The van der Waals surface area contributed by atoms with E-state index in [1.54, 1.807) is 25.1 Å². The van der Waals surface area contributed by atoms with Crippen molar-refractivity contribution < 1.29 is 22.6 Å². The number of halogens is 3. The number of aromatic nitrogens is 3. The summed E-state index contributed by atoms with van der Waals surface area (Å²) in [6.07, 6.45) is -3.24. The Morgan fingerprint density at radius 2 is 1.76 bits per heavy atom. The van der Waals surface area contributed by atoms with E-state index in [0.717, 1.165) is 23.5 Å². The summed E-state index contributed by atoms with van der Waals surface area (Å²) in [4.78, 5) is 22.7. The number of benzene rings is 2. The van der Waals surface area contributed by atoms with E-state index < -0.39 is 11.9 Å². The number of H-pyrrole nitrogens is 1. The third kappa shape index (κ3) is 5.31. The van der Waals surface area contributed by atoms with Gasteiger partial charge in [0.25, 0.3) is 0 Å². The zero-order valence-corrected chi connectivity index (χ0v) is 17.6. The fourth-order valence-electron chi connectivity index (χ4n) is 3.28. The minimum Gasteiger partial charge on any atom is -0.487 e. The SMILES string of the molecule is Cc1c(COc2ccc(CCOc3cc(C(F)(F)F)ncn3)cc2)[nH]c2ccccc2c1=O. The average molecular weight is 455 g/mol. The minimum atomic E-state index is -4.55. The first kappa shape index (κ1) is 22.3. The van der Waals surface area contributed by atoms with Gasteiger partial charge in [-0.15, -0.1) is 0 Å². The molecule has 0 atom stereocenters. The lowest BCUT2D eigenvalue weighted by Gasteiger charge is -2.11. The van der Waals surface area contributed by atoms with Crippen molar-refractivity contribution in [3.8, 4) is 11.6 Å². The molecule has 0 aliphatic rings. The zero-order chi connectivity index (χ0) is 23.4. The molecule has 9 heteroatoms. The maximum Gasteiger partial charge on any atom is 0.433 e. The van der Waals surface area contributed by atoms with Crippen molar-refractivity contribution in [1.82, 2.24) is 15.0 Å². The minimum absolute atomic E-state index is 0.0238. The van der Waals surface area contributed by atoms with Crippen molar-refractivity contribution in [3.05, 3.63) is 93.7 Å². The molecule has 0 aliphatic heterocycles. The molecule has 0 fully saturated rings. The number of nitrogens with zero attached hydrogens (tertiary/aromatic N) is 2. The normalized spacial score (nSPS) is 11.5. The lowest BCUT2D eigenvalue weighted by molar-refractivity contribution is -0.141. The molecule has 0 saturated carbocycles. The van der Waals surface area contributed by atoms with Crippen LogP contribution in [-0.2, 0) is 19.2 Å². The second-order valence-electron chi connectivity index (χ2n) is 7.37. The van der Waals surface area contributed by atoms with Crippen LogP contribution in [0.3, 0.4) is 0 Å². The highest BCUT2D eigenvalue weighted by Gasteiger charge is 2.33. The van der Waals surface area contributed by atoms with Gasteiger partial charge in [0, 0.05) is 29.0 Å². The fourth-order valence-corrected chi connectivity index (χ4v) is 3.28. The number of pyridine rings is 1. The summed E-state index contributed by atoms with van der Waals surface area (Å²) in [5, 5.41) is 0.641. The van der Waals surface area contributed by atoms with Gasteiger partial charge in [-0.3, -0.25) is 4.79 Å². The van der Waals surface area contributed by atoms with Crippen LogP contribution in [0.1, 0.15) is 22.5 Å². The summed E-state index contributed by atoms with van der Waals surface area (Å²) in [6.45, 7) is 2.14. The Hall–Kier alpha value is -3.88. The molecule has 2 aromatic heterocycles. The molecule has 0 amide bonds. The van der Waals surface area contributed by atoms with Crippen LogP contribution in [0.4, 0.5) is 13.2 Å². The van der Waals surface area contributed by atoms with Crippen LogP contribution >= 0.6 is 0 Å². The predicted octanol–water partition coefficient (Wildman–Crippen LogP) is 4.85. The van der Waals surface area contributed by atoms with E-state index in [0.29, 0.717) is 28.8 Å². The molecule has 0 bridgehead atoms. The van der Waals surface area contributed by atoms with E-state index in [1.165, 1.54) is 0 Å². The second kappa shape index (κ2) is 9.32. The first-order chi connectivity index (χ1) is 15.8. The number of hydrogen-bond donors (Lipinski definition) is 1. The van der Waals surface area contributed by atoms with Crippen molar-refractivity contribution in [2.75, 3.05) is 6.61 Å². The molecule has 33 heavy (non-hydrogen) atoms. The Bertz CT molecular complexity index is 1320. The summed E-state index contributed by atoms with van der Waals surface area (Å²) < 4.78 is 49.2. The van der Waals surface area contributed by atoms with Crippen LogP contribution in [0.15, 0.2) is 65.7 Å². The highest BCUT2D eigenvalue weighted by atomic mass is 19.4. The molecule has 4 aromatic rings. The third-order valence-electron chi connectivity index (χ3n) is 5.13. The van der Waals surface area contributed by atoms with Gasteiger partial charge >= 0.3 is 6.18 Å². The quantitative estimate of drug-likeness (QED) is 0.431. The van der Waals surface area contributed by atoms with E-state index in [2.05, 4.69) is 15.0 Å². The van der Waals surface area contributed by atoms with Crippen LogP contribution in [0, 0.1) is 6.92 Å². The zero-order valence-electron chi connectivity index (χ0n) is 17.6. The van der Waals surface area contributed by atoms with E-state index in [4.69, 9.17) is 9.47 Å². The van der Waals surface area contributed by atoms with E-state index >= 15 is 0 Å². The molecule has 1 N–H and O–H groups in total. The van der Waals surface area contributed by atoms with Crippen molar-refractivity contribution in [1.29, 1.82) is 0 Å². The Balaban J connectivity index is 1.33. The summed E-state index contributed by atoms with van der Waals surface area (Å²) in [6, 6.07) is 15.4. The first-order valence-corrected chi connectivity index (χ1v) is 10.2. The number of ether oxygens (including phenoxy) is 2. The van der Waals surface area contributed by atoms with Gasteiger partial charge in [0.1, 0.15) is 18.7 Å². The van der Waals surface area contributed by atoms with Gasteiger partial charge in [-0.1, -0.05) is 24.3 Å². The molecule has 0 unspecified atom stereocenters. The van der Waals surface area contributed by atoms with Crippen LogP contribution in [-0.4, -0.2) is 21.6 Å². The first-order valence-electron chi connectivity index (χ1n) is 10.2. The molecule has 4 rings (SSSR count). The fraction of sp³-hybridized carbons (Fsp3) is 0.208. The Morgan fingerprint density at radius 3 is 2.52 bits per heavy atom. The standard InChI is InChI=1S/C24H20F3N3O3/c1-15-20(30-19-5-3-2-4-18(19)23(15)31)13-33-17-8-6-16(7-9-17)10-11-32-22-12-21(24(25,26)27)28-14-29-22/h2-9,12,14H,10-11,13H2,1H3,(H,30,31). The highest BCUT2D eigenvalue weighted by Crippen LogP contribution is 2.28. The van der Waals surface area contributed by atoms with E-state index in [1.807, 2.05) is 30.3 Å². The lowest BCUT2D eigenvalue weighted by Crippen LogP contribution is -2.13. The summed E-state index contributed by atoms with van der Waals surface area (Å²) in [7, 11) is 0. The summed E-state index contributed by atoms with van der Waals surface area (Å²) in [5.41, 5.74) is 1.93. The van der Waals surface area contributed by atoms with Gasteiger partial charge in [0.05, 0.1) is 12.3 Å². The monoisotopic (exact) mass is 455 g/mol. The van der Waals surface area contributed by atoms with Crippen LogP contribution < -0.4 is 14.9 Å².